The van der Waals surface area contributed by atoms with Crippen LogP contribution in [0.5, 0.6) is 0 Å². The van der Waals surface area contributed by atoms with Crippen LogP contribution in [0, 0.1) is 5.92 Å². The summed E-state index contributed by atoms with van der Waals surface area (Å²) >= 11 is 0. The minimum Gasteiger partial charge on any atom is -0.207 e. The lowest BCUT2D eigenvalue weighted by Crippen LogP contribution is -2.11. The fourth-order valence-corrected chi connectivity index (χ4v) is 1.15. The summed E-state index contributed by atoms with van der Waals surface area (Å²) in [6.07, 6.45) is 2.75. The molecule has 0 aromatic carbocycles. The third kappa shape index (κ3) is 6.27. The molecule has 0 unspecified atom stereocenters. The van der Waals surface area contributed by atoms with E-state index >= 15 is 0 Å². The minimum absolute atomic E-state index is 0.0410. The highest BCUT2D eigenvalue weighted by Crippen LogP contribution is 2.24. The number of rotatable bonds is 5. The predicted molar refractivity (Wildman–Crippen MR) is 43.9 cm³/mol. The molecule has 0 amide bonds. The van der Waals surface area contributed by atoms with Crippen molar-refractivity contribution >= 4 is 0 Å². The lowest BCUT2D eigenvalue weighted by Gasteiger charge is -2.15. The molecule has 0 aromatic rings. The quantitative estimate of drug-likeness (QED) is 0.578. The zero-order chi connectivity index (χ0) is 8.91. The van der Waals surface area contributed by atoms with Crippen molar-refractivity contribution in [1.82, 2.24) is 0 Å². The first-order valence-corrected chi connectivity index (χ1v) is 4.37. The highest BCUT2D eigenvalue weighted by molar-refractivity contribution is 4.62. The molecule has 0 saturated carbocycles. The van der Waals surface area contributed by atoms with E-state index in [9.17, 15) is 8.78 Å². The summed E-state index contributed by atoms with van der Waals surface area (Å²) in [6.45, 7) is 5.11. The van der Waals surface area contributed by atoms with Crippen LogP contribution in [0.3, 0.4) is 0 Å². The molecule has 11 heavy (non-hydrogen) atoms. The molecule has 0 aliphatic heterocycles. The Kier molecular flexibility index (Phi) is 4.62. The van der Waals surface area contributed by atoms with Gasteiger partial charge < -0.3 is 0 Å². The predicted octanol–water partition coefficient (Wildman–Crippen LogP) is 3.86. The van der Waals surface area contributed by atoms with Crippen LogP contribution in [-0.4, -0.2) is 5.92 Å². The monoisotopic (exact) mass is 164 g/mol. The molecule has 0 spiro atoms. The van der Waals surface area contributed by atoms with Gasteiger partial charge in [0.15, 0.2) is 0 Å². The molecule has 0 aliphatic rings. The van der Waals surface area contributed by atoms with Crippen molar-refractivity contribution in [3.63, 3.8) is 0 Å². The molecule has 0 saturated heterocycles. The highest BCUT2D eigenvalue weighted by atomic mass is 19.3. The van der Waals surface area contributed by atoms with Crippen LogP contribution in [0.15, 0.2) is 0 Å². The van der Waals surface area contributed by atoms with Gasteiger partial charge in [-0.25, -0.2) is 8.78 Å². The van der Waals surface area contributed by atoms with Gasteiger partial charge in [-0.1, -0.05) is 26.7 Å². The van der Waals surface area contributed by atoms with Crippen molar-refractivity contribution in [2.75, 3.05) is 0 Å². The topological polar surface area (TPSA) is 0 Å². The molecule has 0 radical (unpaired) electrons. The van der Waals surface area contributed by atoms with E-state index in [-0.39, 0.29) is 6.42 Å². The molecule has 0 atom stereocenters. The van der Waals surface area contributed by atoms with Crippen LogP contribution in [0.25, 0.3) is 0 Å². The average molecular weight is 164 g/mol. The first kappa shape index (κ1) is 10.9. The lowest BCUT2D eigenvalue weighted by atomic mass is 9.96. The summed E-state index contributed by atoms with van der Waals surface area (Å²) in [5.74, 6) is -1.98. The Morgan fingerprint density at radius 2 is 1.64 bits per heavy atom. The summed E-state index contributed by atoms with van der Waals surface area (Å²) in [5.41, 5.74) is 0. The molecule has 68 valence electrons. The van der Waals surface area contributed by atoms with E-state index < -0.39 is 5.92 Å². The Hall–Kier alpha value is -0.140. The van der Waals surface area contributed by atoms with Gasteiger partial charge >= 0.3 is 0 Å². The van der Waals surface area contributed by atoms with Gasteiger partial charge in [0.25, 0.3) is 0 Å². The number of alkyl halides is 2. The van der Waals surface area contributed by atoms with E-state index in [1.165, 1.54) is 0 Å². The van der Waals surface area contributed by atoms with Crippen molar-refractivity contribution in [2.45, 2.75) is 52.4 Å². The Bertz CT molecular complexity index is 90.2. The van der Waals surface area contributed by atoms with Crippen molar-refractivity contribution in [2.24, 2.45) is 5.92 Å². The Balaban J connectivity index is 3.51. The van der Waals surface area contributed by atoms with Crippen LogP contribution < -0.4 is 0 Å². The fraction of sp³-hybridized carbons (Fsp3) is 1.00. The summed E-state index contributed by atoms with van der Waals surface area (Å²) in [7, 11) is 0. The summed E-state index contributed by atoms with van der Waals surface area (Å²) in [6, 6.07) is 0. The van der Waals surface area contributed by atoms with Gasteiger partial charge in [0.1, 0.15) is 0 Å². The van der Waals surface area contributed by atoms with Crippen molar-refractivity contribution in [1.29, 1.82) is 0 Å². The van der Waals surface area contributed by atoms with Gasteiger partial charge in [0, 0.05) is 6.42 Å². The molecule has 0 nitrogen and oxygen atoms in total. The Labute approximate surface area is 68.0 Å². The largest absolute Gasteiger partial charge is 0.245 e. The summed E-state index contributed by atoms with van der Waals surface area (Å²) in [4.78, 5) is 0. The second kappa shape index (κ2) is 4.68. The molecule has 0 rings (SSSR count). The number of hydrogen-bond acceptors (Lipinski definition) is 0. The van der Waals surface area contributed by atoms with E-state index in [2.05, 4.69) is 13.8 Å². The maximum Gasteiger partial charge on any atom is 0.245 e. The molecule has 0 aromatic heterocycles. The standard InChI is InChI=1S/C9H18F2/c1-4-8(5-2)6-7-9(3,10)11/h8H,4-7H2,1-3H3. The van der Waals surface area contributed by atoms with E-state index in [0.29, 0.717) is 12.3 Å². The van der Waals surface area contributed by atoms with Crippen molar-refractivity contribution in [3.8, 4) is 0 Å². The number of hydrogen-bond donors (Lipinski definition) is 0. The van der Waals surface area contributed by atoms with Gasteiger partial charge in [-0.05, 0) is 19.3 Å². The molecule has 2 heteroatoms. The number of halogens is 2. The molecule has 0 heterocycles. The van der Waals surface area contributed by atoms with Crippen molar-refractivity contribution < 1.29 is 8.78 Å². The zero-order valence-electron chi connectivity index (χ0n) is 7.66. The SMILES string of the molecule is CCC(CC)CCC(C)(F)F. The Morgan fingerprint density at radius 3 is 1.91 bits per heavy atom. The summed E-state index contributed by atoms with van der Waals surface area (Å²) < 4.78 is 24.7. The highest BCUT2D eigenvalue weighted by Gasteiger charge is 2.21. The first-order chi connectivity index (χ1) is 4.99. The van der Waals surface area contributed by atoms with Crippen LogP contribution in [0.1, 0.15) is 46.5 Å². The van der Waals surface area contributed by atoms with Crippen LogP contribution in [0.2, 0.25) is 0 Å². The fourth-order valence-electron chi connectivity index (χ4n) is 1.15. The second-order valence-electron chi connectivity index (χ2n) is 3.29. The first-order valence-electron chi connectivity index (χ1n) is 4.37. The van der Waals surface area contributed by atoms with E-state index in [1.54, 1.807) is 0 Å². The van der Waals surface area contributed by atoms with Gasteiger partial charge in [0.2, 0.25) is 5.92 Å². The summed E-state index contributed by atoms with van der Waals surface area (Å²) in [5, 5.41) is 0. The van der Waals surface area contributed by atoms with Crippen molar-refractivity contribution in [3.05, 3.63) is 0 Å². The van der Waals surface area contributed by atoms with E-state index in [1.807, 2.05) is 0 Å². The molecule has 0 aliphatic carbocycles. The zero-order valence-corrected chi connectivity index (χ0v) is 7.66. The lowest BCUT2D eigenvalue weighted by molar-refractivity contribution is 0.00634. The van der Waals surface area contributed by atoms with Gasteiger partial charge in [-0.15, -0.1) is 0 Å². The van der Waals surface area contributed by atoms with E-state index in [0.717, 1.165) is 19.8 Å². The second-order valence-corrected chi connectivity index (χ2v) is 3.29. The van der Waals surface area contributed by atoms with Crippen LogP contribution in [0.4, 0.5) is 8.78 Å². The van der Waals surface area contributed by atoms with Gasteiger partial charge in [0.05, 0.1) is 0 Å². The molecular weight excluding hydrogens is 146 g/mol. The normalized spacial score (nSPS) is 12.5. The van der Waals surface area contributed by atoms with Crippen LogP contribution in [-0.2, 0) is 0 Å². The molecular formula is C9H18F2. The maximum absolute atomic E-state index is 12.4. The third-order valence-corrected chi connectivity index (χ3v) is 2.15. The van der Waals surface area contributed by atoms with Gasteiger partial charge in [-0.3, -0.25) is 0 Å². The minimum atomic E-state index is -2.47. The maximum atomic E-state index is 12.4. The van der Waals surface area contributed by atoms with E-state index in [4.69, 9.17) is 0 Å². The molecule has 0 N–H and O–H groups in total. The smallest absolute Gasteiger partial charge is 0.207 e. The average Bonchev–Trinajstić information content (AvgIpc) is 1.88. The van der Waals surface area contributed by atoms with Gasteiger partial charge in [-0.2, -0.15) is 0 Å². The van der Waals surface area contributed by atoms with Crippen LogP contribution >= 0.6 is 0 Å². The Morgan fingerprint density at radius 1 is 1.18 bits per heavy atom. The third-order valence-electron chi connectivity index (χ3n) is 2.15. The molecule has 0 fully saturated rings. The molecule has 0 bridgehead atoms.